The molecule has 1 N–H and O–H groups in total. The second-order valence-electron chi connectivity index (χ2n) is 6.91. The van der Waals surface area contributed by atoms with Crippen molar-refractivity contribution >= 4 is 11.6 Å². The van der Waals surface area contributed by atoms with Gasteiger partial charge in [0.05, 0.1) is 14.2 Å². The summed E-state index contributed by atoms with van der Waals surface area (Å²) in [6, 6.07) is 14.8. The van der Waals surface area contributed by atoms with Gasteiger partial charge in [0.25, 0.3) is 0 Å². The first-order chi connectivity index (χ1) is 13.1. The van der Waals surface area contributed by atoms with Crippen LogP contribution in [-0.4, -0.2) is 39.3 Å². The predicted molar refractivity (Wildman–Crippen MR) is 108 cm³/mol. The Morgan fingerprint density at radius 3 is 2.70 bits per heavy atom. The molecule has 1 unspecified atom stereocenters. The number of fused-ring (bicyclic) bond motifs is 1. The zero-order valence-electron chi connectivity index (χ0n) is 16.3. The van der Waals surface area contributed by atoms with Gasteiger partial charge < -0.3 is 19.7 Å². The Morgan fingerprint density at radius 2 is 1.93 bits per heavy atom. The molecule has 1 atom stereocenters. The van der Waals surface area contributed by atoms with E-state index in [-0.39, 0.29) is 5.91 Å². The highest BCUT2D eigenvalue weighted by molar-refractivity contribution is 5.76. The second-order valence-corrected chi connectivity index (χ2v) is 6.91. The summed E-state index contributed by atoms with van der Waals surface area (Å²) in [5.41, 5.74) is 3.75. The Labute approximate surface area is 161 Å². The van der Waals surface area contributed by atoms with Gasteiger partial charge in [0, 0.05) is 31.2 Å². The van der Waals surface area contributed by atoms with Gasteiger partial charge >= 0.3 is 0 Å². The molecule has 0 bridgehead atoms. The molecule has 0 saturated carbocycles. The summed E-state index contributed by atoms with van der Waals surface area (Å²) >= 11 is 0. The van der Waals surface area contributed by atoms with Gasteiger partial charge in [0.2, 0.25) is 5.91 Å². The molecular weight excluding hydrogens is 340 g/mol. The monoisotopic (exact) mass is 368 g/mol. The van der Waals surface area contributed by atoms with Gasteiger partial charge in [-0.15, -0.1) is 0 Å². The number of amides is 1. The molecule has 0 fully saturated rings. The topological polar surface area (TPSA) is 50.8 Å². The number of ether oxygens (including phenoxy) is 2. The Hall–Kier alpha value is -2.69. The summed E-state index contributed by atoms with van der Waals surface area (Å²) in [5, 5.41) is 3.02. The van der Waals surface area contributed by atoms with Gasteiger partial charge in [-0.3, -0.25) is 4.79 Å². The summed E-state index contributed by atoms with van der Waals surface area (Å²) in [6.07, 6.45) is 2.32. The minimum atomic E-state index is 0.0899. The van der Waals surface area contributed by atoms with Crippen LogP contribution in [-0.2, 0) is 17.6 Å². The third kappa shape index (κ3) is 4.54. The number of rotatable bonds is 8. The van der Waals surface area contributed by atoms with E-state index in [0.717, 1.165) is 24.9 Å². The lowest BCUT2D eigenvalue weighted by Gasteiger charge is -2.24. The number of carbonyl (C=O) groups is 1. The fourth-order valence-corrected chi connectivity index (χ4v) is 3.66. The molecule has 1 amide bonds. The molecule has 0 radical (unpaired) electrons. The third-order valence-electron chi connectivity index (χ3n) is 5.11. The maximum Gasteiger partial charge on any atom is 0.221 e. The molecule has 1 heterocycles. The van der Waals surface area contributed by atoms with Crippen LogP contribution in [0.15, 0.2) is 42.5 Å². The molecule has 0 aliphatic carbocycles. The van der Waals surface area contributed by atoms with Crippen LogP contribution in [0.1, 0.15) is 24.5 Å². The Bertz CT molecular complexity index is 791. The largest absolute Gasteiger partial charge is 0.493 e. The number of hydrogen-bond acceptors (Lipinski definition) is 4. The number of nitrogens with one attached hydrogen (secondary N) is 1. The van der Waals surface area contributed by atoms with Crippen molar-refractivity contribution in [3.8, 4) is 11.5 Å². The Kier molecular flexibility index (Phi) is 6.22. The average Bonchev–Trinajstić information content (AvgIpc) is 3.01. The van der Waals surface area contributed by atoms with E-state index in [1.54, 1.807) is 14.2 Å². The Balaban J connectivity index is 1.45. The highest BCUT2D eigenvalue weighted by Gasteiger charge is 2.25. The lowest BCUT2D eigenvalue weighted by molar-refractivity contribution is -0.120. The molecule has 2 aromatic rings. The van der Waals surface area contributed by atoms with Gasteiger partial charge in [-0.05, 0) is 49.1 Å². The minimum Gasteiger partial charge on any atom is -0.493 e. The number of benzene rings is 2. The molecule has 0 aromatic heterocycles. The maximum atomic E-state index is 12.2. The number of anilines is 1. The fraction of sp³-hybridized carbons (Fsp3) is 0.409. The summed E-state index contributed by atoms with van der Waals surface area (Å²) in [4.78, 5) is 14.6. The standard InChI is InChI=1S/C22H28N2O3/c1-16-14-18-6-4-5-7-19(18)24(16)13-11-22(25)23-12-10-17-8-9-20(26-2)21(15-17)27-3/h4-9,15-16H,10-14H2,1-3H3,(H,23,25). The van der Waals surface area contributed by atoms with Crippen LogP contribution in [0.25, 0.3) is 0 Å². The average molecular weight is 368 g/mol. The molecule has 0 spiro atoms. The molecule has 27 heavy (non-hydrogen) atoms. The number of nitrogens with zero attached hydrogens (tertiary/aromatic N) is 1. The number of carbonyl (C=O) groups excluding carboxylic acids is 1. The molecule has 1 aliphatic rings. The van der Waals surface area contributed by atoms with E-state index in [2.05, 4.69) is 41.4 Å². The van der Waals surface area contributed by atoms with E-state index >= 15 is 0 Å². The van der Waals surface area contributed by atoms with Crippen LogP contribution >= 0.6 is 0 Å². The number of para-hydroxylation sites is 1. The summed E-state index contributed by atoms with van der Waals surface area (Å²) in [5.74, 6) is 1.51. The molecule has 3 rings (SSSR count). The zero-order chi connectivity index (χ0) is 19.2. The van der Waals surface area contributed by atoms with Gasteiger partial charge in [0.1, 0.15) is 0 Å². The lowest BCUT2D eigenvalue weighted by atomic mass is 10.1. The normalized spacial score (nSPS) is 15.4. The van der Waals surface area contributed by atoms with Crippen molar-refractivity contribution in [3.63, 3.8) is 0 Å². The minimum absolute atomic E-state index is 0.0899. The number of methoxy groups -OCH3 is 2. The summed E-state index contributed by atoms with van der Waals surface area (Å²) in [7, 11) is 3.25. The SMILES string of the molecule is COc1ccc(CCNC(=O)CCN2c3ccccc3CC2C)cc1OC. The van der Waals surface area contributed by atoms with Crippen molar-refractivity contribution in [2.75, 3.05) is 32.2 Å². The van der Waals surface area contributed by atoms with Gasteiger partial charge in [0.15, 0.2) is 11.5 Å². The van der Waals surface area contributed by atoms with E-state index < -0.39 is 0 Å². The first-order valence-corrected chi connectivity index (χ1v) is 9.44. The van der Waals surface area contributed by atoms with Crippen molar-refractivity contribution in [2.45, 2.75) is 32.2 Å². The summed E-state index contributed by atoms with van der Waals surface area (Å²) < 4.78 is 10.6. The van der Waals surface area contributed by atoms with Crippen LogP contribution in [0.4, 0.5) is 5.69 Å². The molecular formula is C22H28N2O3. The summed E-state index contributed by atoms with van der Waals surface area (Å²) in [6.45, 7) is 3.58. The van der Waals surface area contributed by atoms with Gasteiger partial charge in [-0.25, -0.2) is 0 Å². The number of hydrogen-bond donors (Lipinski definition) is 1. The highest BCUT2D eigenvalue weighted by Crippen LogP contribution is 2.31. The Morgan fingerprint density at radius 1 is 1.15 bits per heavy atom. The van der Waals surface area contributed by atoms with Crippen molar-refractivity contribution in [2.24, 2.45) is 0 Å². The molecule has 144 valence electrons. The van der Waals surface area contributed by atoms with E-state index in [1.807, 2.05) is 18.2 Å². The van der Waals surface area contributed by atoms with E-state index in [9.17, 15) is 4.79 Å². The van der Waals surface area contributed by atoms with Crippen LogP contribution in [0, 0.1) is 0 Å². The predicted octanol–water partition coefficient (Wildman–Crippen LogP) is 3.20. The molecule has 1 aliphatic heterocycles. The van der Waals surface area contributed by atoms with Crippen LogP contribution in [0.2, 0.25) is 0 Å². The third-order valence-corrected chi connectivity index (χ3v) is 5.11. The van der Waals surface area contributed by atoms with E-state index in [4.69, 9.17) is 9.47 Å². The smallest absolute Gasteiger partial charge is 0.221 e. The first kappa shape index (κ1) is 19.1. The van der Waals surface area contributed by atoms with E-state index in [0.29, 0.717) is 30.5 Å². The zero-order valence-corrected chi connectivity index (χ0v) is 16.3. The second kappa shape index (κ2) is 8.80. The van der Waals surface area contributed by atoms with Gasteiger partial charge in [-0.2, -0.15) is 0 Å². The maximum absolute atomic E-state index is 12.2. The highest BCUT2D eigenvalue weighted by atomic mass is 16.5. The van der Waals surface area contributed by atoms with Crippen molar-refractivity contribution in [1.82, 2.24) is 5.32 Å². The first-order valence-electron chi connectivity index (χ1n) is 9.44. The van der Waals surface area contributed by atoms with Crippen molar-refractivity contribution in [1.29, 1.82) is 0 Å². The quantitative estimate of drug-likeness (QED) is 0.777. The van der Waals surface area contributed by atoms with Crippen molar-refractivity contribution in [3.05, 3.63) is 53.6 Å². The van der Waals surface area contributed by atoms with Crippen LogP contribution < -0.4 is 19.7 Å². The van der Waals surface area contributed by atoms with Gasteiger partial charge in [-0.1, -0.05) is 24.3 Å². The van der Waals surface area contributed by atoms with Crippen molar-refractivity contribution < 1.29 is 14.3 Å². The fourth-order valence-electron chi connectivity index (χ4n) is 3.66. The molecule has 2 aromatic carbocycles. The molecule has 5 nitrogen and oxygen atoms in total. The molecule has 0 saturated heterocycles. The van der Waals surface area contributed by atoms with E-state index in [1.165, 1.54) is 11.3 Å². The van der Waals surface area contributed by atoms with Crippen LogP contribution in [0.5, 0.6) is 11.5 Å². The molecule has 5 heteroatoms. The lowest BCUT2D eigenvalue weighted by Crippen LogP contribution is -2.34. The van der Waals surface area contributed by atoms with Crippen LogP contribution in [0.3, 0.4) is 0 Å².